The summed E-state index contributed by atoms with van der Waals surface area (Å²) in [6, 6.07) is 26.3. The largest absolute Gasteiger partial charge is 4.00 e. The maximum Gasteiger partial charge on any atom is 4.00 e. The Bertz CT molecular complexity index is 663. The van der Waals surface area contributed by atoms with E-state index >= 15 is 0 Å². The van der Waals surface area contributed by atoms with Crippen molar-refractivity contribution in [2.45, 2.75) is 19.8 Å². The second-order valence-corrected chi connectivity index (χ2v) is 5.48. The minimum Gasteiger partial charge on any atom is -1.00 e. The van der Waals surface area contributed by atoms with E-state index in [1.165, 1.54) is 27.8 Å². The van der Waals surface area contributed by atoms with E-state index in [1.54, 1.807) is 0 Å². The van der Waals surface area contributed by atoms with Crippen molar-refractivity contribution in [3.05, 3.63) is 101 Å². The van der Waals surface area contributed by atoms with E-state index in [0.717, 1.165) is 0 Å². The Morgan fingerprint density at radius 1 is 0.667 bits per heavy atom. The molecule has 0 aromatic heterocycles. The summed E-state index contributed by atoms with van der Waals surface area (Å²) >= 11 is 0. The van der Waals surface area contributed by atoms with Crippen molar-refractivity contribution < 1.29 is 58.9 Å². The van der Waals surface area contributed by atoms with Crippen LogP contribution < -0.4 is 37.2 Å². The van der Waals surface area contributed by atoms with Gasteiger partial charge in [0.05, 0.1) is 0 Å². The van der Waals surface area contributed by atoms with Crippen molar-refractivity contribution in [3.8, 4) is 0 Å². The van der Waals surface area contributed by atoms with Crippen LogP contribution in [0.3, 0.4) is 0 Å². The molecule has 0 atom stereocenters. The Balaban J connectivity index is 0. The molecule has 0 spiro atoms. The van der Waals surface area contributed by atoms with Crippen molar-refractivity contribution in [3.63, 3.8) is 0 Å². The Hall–Kier alpha value is -0.626. The molecule has 0 nitrogen and oxygen atoms in total. The topological polar surface area (TPSA) is 0 Å². The molecule has 0 saturated heterocycles. The Kier molecular flexibility index (Phi) is 12.6. The van der Waals surface area contributed by atoms with Crippen LogP contribution in [0.5, 0.6) is 0 Å². The Morgan fingerprint density at radius 2 is 1.08 bits per heavy atom. The average Bonchev–Trinajstić information content (AvgIpc) is 2.93. The second kappa shape index (κ2) is 11.8. The van der Waals surface area contributed by atoms with Gasteiger partial charge in [-0.25, -0.2) is 12.1 Å². The van der Waals surface area contributed by atoms with Gasteiger partial charge in [0.15, 0.2) is 0 Å². The fraction of sp³-hybridized carbons (Fsp3) is 0.150. The summed E-state index contributed by atoms with van der Waals surface area (Å²) < 4.78 is 0. The van der Waals surface area contributed by atoms with Crippen molar-refractivity contribution in [2.24, 2.45) is 0 Å². The van der Waals surface area contributed by atoms with Gasteiger partial charge in [-0.15, -0.1) is 5.56 Å². The fourth-order valence-corrected chi connectivity index (χ4v) is 2.86. The zero-order valence-electron chi connectivity index (χ0n) is 13.6. The minimum absolute atomic E-state index is 0. The number of hydrogen-bond acceptors (Lipinski definition) is 0. The van der Waals surface area contributed by atoms with E-state index in [4.69, 9.17) is 0 Å². The van der Waals surface area contributed by atoms with Gasteiger partial charge < -0.3 is 37.2 Å². The number of rotatable bonds is 3. The van der Waals surface area contributed by atoms with E-state index in [9.17, 15) is 0 Å². The number of aryl methyl sites for hydroxylation is 2. The van der Waals surface area contributed by atoms with Gasteiger partial charge in [0, 0.05) is 0 Å². The van der Waals surface area contributed by atoms with Crippen LogP contribution in [-0.4, -0.2) is 0 Å². The van der Waals surface area contributed by atoms with Crippen molar-refractivity contribution >= 4 is 0 Å². The van der Waals surface area contributed by atoms with E-state index in [1.807, 2.05) is 0 Å². The predicted octanol–water partition coefficient (Wildman–Crippen LogP) is -3.79. The molecule has 0 unspecified atom stereocenters. The number of halogens is 3. The summed E-state index contributed by atoms with van der Waals surface area (Å²) in [6.45, 7) is 4.31. The molecule has 124 valence electrons. The van der Waals surface area contributed by atoms with Gasteiger partial charge >= 0.3 is 21.7 Å². The molecule has 3 aromatic carbocycles. The fourth-order valence-electron chi connectivity index (χ4n) is 2.86. The van der Waals surface area contributed by atoms with E-state index in [0.29, 0.717) is 5.92 Å². The summed E-state index contributed by atoms with van der Waals surface area (Å²) in [4.78, 5) is 0. The van der Waals surface area contributed by atoms with Crippen LogP contribution in [0.2, 0.25) is 0 Å². The third-order valence-corrected chi connectivity index (χ3v) is 3.77. The van der Waals surface area contributed by atoms with Crippen LogP contribution >= 0.6 is 0 Å². The Morgan fingerprint density at radius 3 is 1.46 bits per heavy atom. The number of hydrogen-bond donors (Lipinski definition) is 0. The first-order chi connectivity index (χ1) is 9.74. The molecule has 3 rings (SSSR count). The van der Waals surface area contributed by atoms with Crippen LogP contribution in [-0.2, 0) is 21.7 Å². The standard InChI is InChI=1S/C20H19.3ClH.Ti/c1-15-7-5-11-18(13-15)20(17-9-3-4-10-17)19-12-6-8-16(2)14-19;;;;/h3-14,20H,1-2H3;3*1H;/q-1;;;;+4/p-3. The van der Waals surface area contributed by atoms with Gasteiger partial charge in [-0.1, -0.05) is 59.7 Å². The average molecular weight is 414 g/mol. The Labute approximate surface area is 178 Å². The first kappa shape index (κ1) is 25.6. The molecule has 0 heterocycles. The summed E-state index contributed by atoms with van der Waals surface area (Å²) in [5.41, 5.74) is 6.71. The monoisotopic (exact) mass is 412 g/mol. The molecule has 4 heteroatoms. The van der Waals surface area contributed by atoms with Gasteiger partial charge in [0.25, 0.3) is 0 Å². The normalized spacial score (nSPS) is 9.12. The number of benzene rings is 2. The SMILES string of the molecule is Cc1cccc(C(c2cccc(C)c2)[c-]2cccc2)c1.[Cl-].[Cl-].[Cl-].[Ti+4]. The van der Waals surface area contributed by atoms with Gasteiger partial charge in [-0.05, 0) is 30.9 Å². The van der Waals surface area contributed by atoms with Gasteiger partial charge in [0.1, 0.15) is 0 Å². The molecule has 0 bridgehead atoms. The smallest absolute Gasteiger partial charge is 1.00 e. The van der Waals surface area contributed by atoms with Crippen molar-refractivity contribution in [2.75, 3.05) is 0 Å². The van der Waals surface area contributed by atoms with Gasteiger partial charge in [0.2, 0.25) is 0 Å². The van der Waals surface area contributed by atoms with E-state index in [2.05, 4.69) is 86.6 Å². The summed E-state index contributed by atoms with van der Waals surface area (Å²) in [5.74, 6) is 0.324. The quantitative estimate of drug-likeness (QED) is 0.305. The molecule has 0 saturated carbocycles. The third-order valence-electron chi connectivity index (χ3n) is 3.77. The first-order valence-electron chi connectivity index (χ1n) is 7.09. The summed E-state index contributed by atoms with van der Waals surface area (Å²) in [7, 11) is 0. The molecule has 0 aliphatic carbocycles. The van der Waals surface area contributed by atoms with Crippen LogP contribution in [0, 0.1) is 13.8 Å². The van der Waals surface area contributed by atoms with E-state index < -0.39 is 0 Å². The molecule has 0 N–H and O–H groups in total. The summed E-state index contributed by atoms with van der Waals surface area (Å²) in [5, 5.41) is 0. The summed E-state index contributed by atoms with van der Waals surface area (Å²) in [6.07, 6.45) is 0. The molecular formula is C20H19Cl3Ti. The van der Waals surface area contributed by atoms with Crippen molar-refractivity contribution in [1.29, 1.82) is 0 Å². The molecule has 0 aliphatic rings. The molecular weight excluding hydrogens is 394 g/mol. The maximum absolute atomic E-state index is 2.29. The predicted molar refractivity (Wildman–Crippen MR) is 85.3 cm³/mol. The van der Waals surface area contributed by atoms with Crippen LogP contribution in [0.1, 0.15) is 33.7 Å². The zero-order chi connectivity index (χ0) is 13.9. The second-order valence-electron chi connectivity index (χ2n) is 5.48. The molecule has 3 aromatic rings. The molecule has 0 fully saturated rings. The van der Waals surface area contributed by atoms with Gasteiger partial charge in [-0.3, -0.25) is 0 Å². The third kappa shape index (κ3) is 6.03. The molecule has 0 amide bonds. The first-order valence-corrected chi connectivity index (χ1v) is 7.09. The maximum atomic E-state index is 2.29. The molecule has 0 aliphatic heterocycles. The van der Waals surface area contributed by atoms with Crippen molar-refractivity contribution in [1.82, 2.24) is 0 Å². The van der Waals surface area contributed by atoms with E-state index in [-0.39, 0.29) is 58.9 Å². The van der Waals surface area contributed by atoms with Crippen LogP contribution in [0.4, 0.5) is 0 Å². The van der Waals surface area contributed by atoms with Gasteiger partial charge in [-0.2, -0.15) is 12.1 Å². The zero-order valence-corrected chi connectivity index (χ0v) is 17.5. The minimum atomic E-state index is 0. The van der Waals surface area contributed by atoms with Crippen LogP contribution in [0.15, 0.2) is 72.8 Å². The molecule has 0 radical (unpaired) electrons. The molecule has 24 heavy (non-hydrogen) atoms. The van der Waals surface area contributed by atoms with Crippen LogP contribution in [0.25, 0.3) is 0 Å².